The van der Waals surface area contributed by atoms with E-state index in [2.05, 4.69) is 21.8 Å². The Morgan fingerprint density at radius 1 is 1.40 bits per heavy atom. The number of hydrogen-bond acceptors (Lipinski definition) is 4. The average molecular weight is 292 g/mol. The molecule has 1 aliphatic heterocycles. The van der Waals surface area contributed by atoms with Crippen LogP contribution in [0.1, 0.15) is 31.9 Å². The fourth-order valence-corrected chi connectivity index (χ4v) is 2.86. The van der Waals surface area contributed by atoms with Crippen LogP contribution in [0.4, 0.5) is 5.69 Å². The Hall–Kier alpha value is -1.39. The summed E-state index contributed by atoms with van der Waals surface area (Å²) in [5.41, 5.74) is 1.99. The second-order valence-corrected chi connectivity index (χ2v) is 5.88. The van der Waals surface area contributed by atoms with Gasteiger partial charge < -0.3 is 10.0 Å². The maximum Gasteiger partial charge on any atom is 0.129 e. The molecule has 4 nitrogen and oxygen atoms in total. The van der Waals surface area contributed by atoms with Gasteiger partial charge in [0.15, 0.2) is 0 Å². The third kappa shape index (κ3) is 2.13. The van der Waals surface area contributed by atoms with Gasteiger partial charge in [-0.2, -0.15) is 0 Å². The Bertz CT molecular complexity index is 646. The van der Waals surface area contributed by atoms with E-state index in [1.807, 2.05) is 25.4 Å². The molecule has 0 bridgehead atoms. The second-order valence-electron chi connectivity index (χ2n) is 5.50. The molecule has 3 rings (SSSR count). The summed E-state index contributed by atoms with van der Waals surface area (Å²) < 4.78 is 0. The van der Waals surface area contributed by atoms with Crippen molar-refractivity contribution in [2.24, 2.45) is 0 Å². The van der Waals surface area contributed by atoms with Gasteiger partial charge in [-0.05, 0) is 19.4 Å². The number of aliphatic hydroxyl groups excluding tert-OH is 1. The van der Waals surface area contributed by atoms with Gasteiger partial charge in [-0.3, -0.25) is 4.98 Å². The van der Waals surface area contributed by atoms with E-state index in [1.165, 1.54) is 6.42 Å². The summed E-state index contributed by atoms with van der Waals surface area (Å²) >= 11 is 6.03. The molecule has 1 saturated heterocycles. The molecule has 0 radical (unpaired) electrons. The highest BCUT2D eigenvalue weighted by molar-refractivity contribution is 6.30. The van der Waals surface area contributed by atoms with Crippen molar-refractivity contribution < 1.29 is 5.11 Å². The van der Waals surface area contributed by atoms with Crippen LogP contribution in [0, 0.1) is 0 Å². The summed E-state index contributed by atoms with van der Waals surface area (Å²) in [4.78, 5) is 11.1. The van der Waals surface area contributed by atoms with Crippen molar-refractivity contribution in [2.75, 3.05) is 18.1 Å². The molecule has 20 heavy (non-hydrogen) atoms. The molecule has 1 fully saturated rings. The van der Waals surface area contributed by atoms with Crippen LogP contribution in [-0.4, -0.2) is 34.3 Å². The van der Waals surface area contributed by atoms with E-state index in [0.29, 0.717) is 11.2 Å². The molecule has 5 heteroatoms. The molecule has 0 aromatic carbocycles. The first-order valence-corrected chi connectivity index (χ1v) is 7.31. The monoisotopic (exact) mass is 291 g/mol. The number of nitrogens with zero attached hydrogens (tertiary/aromatic N) is 3. The highest BCUT2D eigenvalue weighted by atomic mass is 35.5. The molecule has 3 heterocycles. The molecule has 0 amide bonds. The van der Waals surface area contributed by atoms with Crippen molar-refractivity contribution in [1.29, 1.82) is 0 Å². The topological polar surface area (TPSA) is 49.3 Å². The molecule has 0 spiro atoms. The van der Waals surface area contributed by atoms with Crippen LogP contribution in [-0.2, 0) is 0 Å². The van der Waals surface area contributed by atoms with Gasteiger partial charge in [0.25, 0.3) is 0 Å². The van der Waals surface area contributed by atoms with Gasteiger partial charge in [-0.15, -0.1) is 0 Å². The van der Waals surface area contributed by atoms with E-state index in [-0.39, 0.29) is 12.5 Å². The van der Waals surface area contributed by atoms with Crippen molar-refractivity contribution in [3.63, 3.8) is 0 Å². The highest BCUT2D eigenvalue weighted by Crippen LogP contribution is 2.35. The third-order valence-electron chi connectivity index (χ3n) is 4.12. The summed E-state index contributed by atoms with van der Waals surface area (Å²) in [7, 11) is 0. The first kappa shape index (κ1) is 13.6. The van der Waals surface area contributed by atoms with Crippen molar-refractivity contribution in [3.05, 3.63) is 29.3 Å². The summed E-state index contributed by atoms with van der Waals surface area (Å²) in [5, 5.41) is 11.9. The lowest BCUT2D eigenvalue weighted by Gasteiger charge is -2.41. The van der Waals surface area contributed by atoms with E-state index in [4.69, 9.17) is 11.6 Å². The van der Waals surface area contributed by atoms with Gasteiger partial charge in [-0.1, -0.05) is 18.5 Å². The van der Waals surface area contributed by atoms with Crippen LogP contribution in [0.25, 0.3) is 10.8 Å². The number of anilines is 1. The lowest BCUT2D eigenvalue weighted by atomic mass is 9.98. The molecule has 2 atom stereocenters. The van der Waals surface area contributed by atoms with Crippen LogP contribution in [0.5, 0.6) is 0 Å². The van der Waals surface area contributed by atoms with Gasteiger partial charge in [0, 0.05) is 35.5 Å². The second kappa shape index (κ2) is 5.19. The van der Waals surface area contributed by atoms with Gasteiger partial charge in [-0.25, -0.2) is 4.98 Å². The number of halogens is 1. The predicted molar refractivity (Wildman–Crippen MR) is 81.5 cm³/mol. The fourth-order valence-electron chi connectivity index (χ4n) is 2.70. The van der Waals surface area contributed by atoms with Gasteiger partial charge in [0.05, 0.1) is 24.2 Å². The van der Waals surface area contributed by atoms with E-state index < -0.39 is 0 Å². The van der Waals surface area contributed by atoms with Gasteiger partial charge in [0.1, 0.15) is 5.15 Å². The molecule has 1 aliphatic rings. The molecular formula is C15H18ClN3O. The Kier molecular flexibility index (Phi) is 3.52. The summed E-state index contributed by atoms with van der Waals surface area (Å²) in [5.74, 6) is -0.0150. The Labute approximate surface area is 123 Å². The number of pyridine rings is 2. The van der Waals surface area contributed by atoms with Crippen LogP contribution in [0.2, 0.25) is 5.15 Å². The van der Waals surface area contributed by atoms with Crippen molar-refractivity contribution >= 4 is 28.1 Å². The summed E-state index contributed by atoms with van der Waals surface area (Å²) in [6.07, 6.45) is 4.92. The van der Waals surface area contributed by atoms with Crippen molar-refractivity contribution in [1.82, 2.24) is 9.97 Å². The highest BCUT2D eigenvalue weighted by Gasteiger charge is 2.26. The standard InChI is InChI=1S/C15H18ClN3O/c1-9(8-20)15-11-5-14(16)17-6-12(11)13(7-18-15)19-4-3-10(19)2/h5-7,9-10,20H,3-4,8H2,1-2H3/t9?,10-/m1/s1. The molecule has 2 aromatic rings. The molecule has 106 valence electrons. The number of hydrogen-bond donors (Lipinski definition) is 1. The fraction of sp³-hybridized carbons (Fsp3) is 0.467. The normalized spacial score (nSPS) is 20.0. The Morgan fingerprint density at radius 3 is 2.80 bits per heavy atom. The van der Waals surface area contributed by atoms with Crippen LogP contribution >= 0.6 is 11.6 Å². The quantitative estimate of drug-likeness (QED) is 0.883. The smallest absolute Gasteiger partial charge is 0.129 e. The van der Waals surface area contributed by atoms with Crippen LogP contribution < -0.4 is 4.90 Å². The van der Waals surface area contributed by atoms with E-state index in [1.54, 1.807) is 0 Å². The van der Waals surface area contributed by atoms with Crippen molar-refractivity contribution in [2.45, 2.75) is 32.2 Å². The minimum absolute atomic E-state index is 0.0150. The lowest BCUT2D eigenvalue weighted by molar-refractivity contribution is 0.272. The first-order valence-electron chi connectivity index (χ1n) is 6.93. The number of aliphatic hydroxyl groups is 1. The zero-order valence-corrected chi connectivity index (χ0v) is 12.4. The molecular weight excluding hydrogens is 274 g/mol. The Balaban J connectivity index is 2.20. The number of aromatic nitrogens is 2. The average Bonchev–Trinajstić information content (AvgIpc) is 2.44. The summed E-state index contributed by atoms with van der Waals surface area (Å²) in [6.45, 7) is 5.29. The first-order chi connectivity index (χ1) is 9.61. The molecule has 0 saturated carbocycles. The minimum Gasteiger partial charge on any atom is -0.396 e. The lowest BCUT2D eigenvalue weighted by Crippen LogP contribution is -2.45. The SMILES string of the molecule is CC(CO)c1ncc(N2CC[C@H]2C)c2cnc(Cl)cc12. The maximum absolute atomic E-state index is 9.40. The zero-order chi connectivity index (χ0) is 14.3. The van der Waals surface area contributed by atoms with E-state index >= 15 is 0 Å². The predicted octanol–water partition coefficient (Wildman–Crippen LogP) is 2.98. The number of rotatable bonds is 3. The van der Waals surface area contributed by atoms with E-state index in [9.17, 15) is 5.11 Å². The third-order valence-corrected chi connectivity index (χ3v) is 4.33. The molecule has 1 unspecified atom stereocenters. The molecule has 0 aliphatic carbocycles. The summed E-state index contributed by atoms with van der Waals surface area (Å²) in [6, 6.07) is 2.39. The largest absolute Gasteiger partial charge is 0.396 e. The van der Waals surface area contributed by atoms with E-state index in [0.717, 1.165) is 28.7 Å². The van der Waals surface area contributed by atoms with Gasteiger partial charge >= 0.3 is 0 Å². The maximum atomic E-state index is 9.40. The van der Waals surface area contributed by atoms with Crippen molar-refractivity contribution in [3.8, 4) is 0 Å². The number of fused-ring (bicyclic) bond motifs is 1. The van der Waals surface area contributed by atoms with Gasteiger partial charge in [0.2, 0.25) is 0 Å². The van der Waals surface area contributed by atoms with Crippen LogP contribution in [0.15, 0.2) is 18.5 Å². The minimum atomic E-state index is -0.0150. The zero-order valence-electron chi connectivity index (χ0n) is 11.7. The molecule has 1 N–H and O–H groups in total. The molecule has 2 aromatic heterocycles. The van der Waals surface area contributed by atoms with Crippen LogP contribution in [0.3, 0.4) is 0 Å². The Morgan fingerprint density at radius 2 is 2.20 bits per heavy atom.